The van der Waals surface area contributed by atoms with Gasteiger partial charge in [-0.15, -0.1) is 0 Å². The summed E-state index contributed by atoms with van der Waals surface area (Å²) in [6.45, 7) is 11.9. The molecule has 1 fully saturated rings. The molecule has 2 heterocycles. The number of amides is 1. The molecule has 24 heavy (non-hydrogen) atoms. The minimum absolute atomic E-state index is 0.258. The number of nitrogens with zero attached hydrogens (tertiary/aromatic N) is 3. The number of ether oxygens (including phenoxy) is 1. The molecule has 1 amide bonds. The highest BCUT2D eigenvalue weighted by molar-refractivity contribution is 5.67. The molecule has 7 heteroatoms. The number of nitrogens with two attached hydrogens (primary N) is 1. The molecule has 1 atom stereocenters. The Hall–Kier alpha value is -2.02. The van der Waals surface area contributed by atoms with E-state index in [-0.39, 0.29) is 12.1 Å². The zero-order valence-electron chi connectivity index (χ0n) is 15.1. The maximum atomic E-state index is 11.7. The third-order valence-corrected chi connectivity index (χ3v) is 3.96. The second kappa shape index (κ2) is 7.70. The first-order valence-corrected chi connectivity index (χ1v) is 8.43. The fourth-order valence-electron chi connectivity index (χ4n) is 2.68. The van der Waals surface area contributed by atoms with Crippen molar-refractivity contribution in [3.8, 4) is 0 Å². The fraction of sp³-hybridized carbons (Fsp3) is 0.647. The number of rotatable bonds is 4. The average Bonchev–Trinajstić information content (AvgIpc) is 2.51. The Labute approximate surface area is 144 Å². The number of nitrogen functional groups attached to an aromatic ring is 1. The van der Waals surface area contributed by atoms with Gasteiger partial charge < -0.3 is 20.7 Å². The van der Waals surface area contributed by atoms with E-state index in [1.807, 2.05) is 32.9 Å². The SMILES string of the molecule is CC(CNC(=O)OC(C)(C)C)N1CCN(c2cccc(N)n2)CC1. The number of hydrogen-bond donors (Lipinski definition) is 2. The van der Waals surface area contributed by atoms with Gasteiger partial charge in [-0.3, -0.25) is 4.90 Å². The van der Waals surface area contributed by atoms with Gasteiger partial charge in [0.15, 0.2) is 0 Å². The first-order chi connectivity index (χ1) is 11.2. The van der Waals surface area contributed by atoms with Crippen LogP contribution in [-0.4, -0.2) is 60.3 Å². The van der Waals surface area contributed by atoms with Crippen LogP contribution in [0.5, 0.6) is 0 Å². The van der Waals surface area contributed by atoms with Crippen molar-refractivity contribution in [3.63, 3.8) is 0 Å². The number of piperazine rings is 1. The first kappa shape index (κ1) is 18.3. The van der Waals surface area contributed by atoms with Crippen LogP contribution < -0.4 is 16.0 Å². The highest BCUT2D eigenvalue weighted by Crippen LogP contribution is 2.16. The topological polar surface area (TPSA) is 83.7 Å². The van der Waals surface area contributed by atoms with E-state index >= 15 is 0 Å². The minimum Gasteiger partial charge on any atom is -0.444 e. The smallest absolute Gasteiger partial charge is 0.407 e. The fourth-order valence-corrected chi connectivity index (χ4v) is 2.68. The Balaban J connectivity index is 1.76. The van der Waals surface area contributed by atoms with E-state index in [0.29, 0.717) is 12.4 Å². The Morgan fingerprint density at radius 2 is 2.00 bits per heavy atom. The number of hydrogen-bond acceptors (Lipinski definition) is 6. The van der Waals surface area contributed by atoms with Gasteiger partial charge in [-0.1, -0.05) is 6.07 Å². The van der Waals surface area contributed by atoms with E-state index in [4.69, 9.17) is 10.5 Å². The molecule has 0 spiro atoms. The number of carbonyl (C=O) groups excluding carboxylic acids is 1. The largest absolute Gasteiger partial charge is 0.444 e. The summed E-state index contributed by atoms with van der Waals surface area (Å²) in [5.74, 6) is 1.47. The van der Waals surface area contributed by atoms with Crippen LogP contribution in [0.4, 0.5) is 16.4 Å². The molecule has 0 aromatic carbocycles. The summed E-state index contributed by atoms with van der Waals surface area (Å²) in [6, 6.07) is 5.97. The van der Waals surface area contributed by atoms with Crippen LogP contribution in [0.1, 0.15) is 27.7 Å². The molecule has 1 aliphatic heterocycles. The van der Waals surface area contributed by atoms with Gasteiger partial charge in [0.25, 0.3) is 0 Å². The molecule has 1 aromatic rings. The average molecular weight is 335 g/mol. The maximum absolute atomic E-state index is 11.7. The quantitative estimate of drug-likeness (QED) is 0.871. The number of aromatic nitrogens is 1. The highest BCUT2D eigenvalue weighted by Gasteiger charge is 2.23. The lowest BCUT2D eigenvalue weighted by atomic mass is 10.2. The van der Waals surface area contributed by atoms with E-state index in [9.17, 15) is 4.79 Å². The normalized spacial score (nSPS) is 17.4. The molecule has 0 saturated carbocycles. The van der Waals surface area contributed by atoms with E-state index in [0.717, 1.165) is 32.0 Å². The summed E-state index contributed by atoms with van der Waals surface area (Å²) in [4.78, 5) is 20.7. The monoisotopic (exact) mass is 335 g/mol. The predicted octanol–water partition coefficient (Wildman–Crippen LogP) is 1.70. The van der Waals surface area contributed by atoms with Crippen molar-refractivity contribution in [2.45, 2.75) is 39.3 Å². The molecule has 3 N–H and O–H groups in total. The molecule has 1 saturated heterocycles. The summed E-state index contributed by atoms with van der Waals surface area (Å²) >= 11 is 0. The van der Waals surface area contributed by atoms with Crippen LogP contribution in [0, 0.1) is 0 Å². The van der Waals surface area contributed by atoms with Crippen molar-refractivity contribution in [2.24, 2.45) is 0 Å². The summed E-state index contributed by atoms with van der Waals surface area (Å²) in [6.07, 6.45) is -0.364. The Kier molecular flexibility index (Phi) is 5.88. The number of carbonyl (C=O) groups is 1. The Morgan fingerprint density at radius 3 is 2.58 bits per heavy atom. The molecule has 1 aliphatic rings. The zero-order valence-corrected chi connectivity index (χ0v) is 15.1. The molecule has 0 aliphatic carbocycles. The van der Waals surface area contributed by atoms with Gasteiger partial charge in [-0.05, 0) is 39.8 Å². The van der Waals surface area contributed by atoms with Gasteiger partial charge in [-0.25, -0.2) is 9.78 Å². The van der Waals surface area contributed by atoms with Crippen molar-refractivity contribution in [1.29, 1.82) is 0 Å². The standard InChI is InChI=1S/C17H29N5O2/c1-13(12-19-16(23)24-17(2,3)4)21-8-10-22(11-9-21)15-7-5-6-14(18)20-15/h5-7,13H,8-12H2,1-4H3,(H2,18,20)(H,19,23). The van der Waals surface area contributed by atoms with Gasteiger partial charge in [0.2, 0.25) is 0 Å². The van der Waals surface area contributed by atoms with Gasteiger partial charge in [0.05, 0.1) is 0 Å². The van der Waals surface area contributed by atoms with Crippen molar-refractivity contribution >= 4 is 17.7 Å². The summed E-state index contributed by atoms with van der Waals surface area (Å²) < 4.78 is 5.26. The number of alkyl carbamates (subject to hydrolysis) is 1. The van der Waals surface area contributed by atoms with Crippen molar-refractivity contribution in [1.82, 2.24) is 15.2 Å². The lowest BCUT2D eigenvalue weighted by molar-refractivity contribution is 0.0508. The Morgan fingerprint density at radius 1 is 1.33 bits per heavy atom. The van der Waals surface area contributed by atoms with E-state index in [2.05, 4.69) is 27.0 Å². The van der Waals surface area contributed by atoms with Crippen molar-refractivity contribution in [2.75, 3.05) is 43.4 Å². The van der Waals surface area contributed by atoms with Gasteiger partial charge >= 0.3 is 6.09 Å². The maximum Gasteiger partial charge on any atom is 0.407 e. The first-order valence-electron chi connectivity index (χ1n) is 8.43. The summed E-state index contributed by atoms with van der Waals surface area (Å²) in [7, 11) is 0. The molecular weight excluding hydrogens is 306 g/mol. The van der Waals surface area contributed by atoms with Crippen LogP contribution in [0.25, 0.3) is 0 Å². The lowest BCUT2D eigenvalue weighted by Crippen LogP contribution is -2.52. The van der Waals surface area contributed by atoms with E-state index in [1.165, 1.54) is 0 Å². The van der Waals surface area contributed by atoms with Crippen LogP contribution in [0.15, 0.2) is 18.2 Å². The lowest BCUT2D eigenvalue weighted by Gasteiger charge is -2.38. The van der Waals surface area contributed by atoms with Crippen molar-refractivity contribution in [3.05, 3.63) is 18.2 Å². The second-order valence-electron chi connectivity index (χ2n) is 7.18. The summed E-state index contributed by atoms with van der Waals surface area (Å²) in [5.41, 5.74) is 5.28. The second-order valence-corrected chi connectivity index (χ2v) is 7.18. The van der Waals surface area contributed by atoms with E-state index in [1.54, 1.807) is 6.07 Å². The Bertz CT molecular complexity index is 550. The van der Waals surface area contributed by atoms with Gasteiger partial charge in [-0.2, -0.15) is 0 Å². The van der Waals surface area contributed by atoms with E-state index < -0.39 is 5.60 Å². The van der Waals surface area contributed by atoms with Crippen LogP contribution in [-0.2, 0) is 4.74 Å². The molecule has 2 rings (SSSR count). The third-order valence-electron chi connectivity index (χ3n) is 3.96. The molecule has 1 aromatic heterocycles. The molecule has 134 valence electrons. The zero-order chi connectivity index (χ0) is 17.7. The molecular formula is C17H29N5O2. The molecule has 0 radical (unpaired) electrons. The van der Waals surface area contributed by atoms with Gasteiger partial charge in [0.1, 0.15) is 17.2 Å². The number of nitrogens with one attached hydrogen (secondary N) is 1. The van der Waals surface area contributed by atoms with Crippen molar-refractivity contribution < 1.29 is 9.53 Å². The number of anilines is 2. The minimum atomic E-state index is -0.469. The van der Waals surface area contributed by atoms with Crippen LogP contribution in [0.2, 0.25) is 0 Å². The number of pyridine rings is 1. The molecule has 1 unspecified atom stereocenters. The molecule has 7 nitrogen and oxygen atoms in total. The van der Waals surface area contributed by atoms with Crippen LogP contribution >= 0.6 is 0 Å². The van der Waals surface area contributed by atoms with Crippen LogP contribution in [0.3, 0.4) is 0 Å². The predicted molar refractivity (Wildman–Crippen MR) is 96.1 cm³/mol. The third kappa shape index (κ3) is 5.56. The molecule has 0 bridgehead atoms. The summed E-state index contributed by atoms with van der Waals surface area (Å²) in [5, 5.41) is 2.84. The van der Waals surface area contributed by atoms with Gasteiger partial charge in [0, 0.05) is 38.8 Å². The highest BCUT2D eigenvalue weighted by atomic mass is 16.6.